The van der Waals surface area contributed by atoms with Crippen LogP contribution in [0.1, 0.15) is 5.56 Å². The highest BCUT2D eigenvalue weighted by atomic mass is 35.5. The number of alkyl halides is 1. The summed E-state index contributed by atoms with van der Waals surface area (Å²) in [5.74, 6) is 0.728. The van der Waals surface area contributed by atoms with Gasteiger partial charge in [-0.1, -0.05) is 23.7 Å². The summed E-state index contributed by atoms with van der Waals surface area (Å²) < 4.78 is 5.02. The summed E-state index contributed by atoms with van der Waals surface area (Å²) in [6.45, 7) is 0. The number of hydrogen-bond donors (Lipinski definition) is 0. The van der Waals surface area contributed by atoms with E-state index in [0.29, 0.717) is 6.42 Å². The van der Waals surface area contributed by atoms with Gasteiger partial charge in [-0.2, -0.15) is 5.26 Å². The highest BCUT2D eigenvalue weighted by Crippen LogP contribution is 2.12. The van der Waals surface area contributed by atoms with Gasteiger partial charge in [0.25, 0.3) is 0 Å². The largest absolute Gasteiger partial charge is 0.478 e. The van der Waals surface area contributed by atoms with Crippen molar-refractivity contribution in [2.24, 2.45) is 0 Å². The van der Waals surface area contributed by atoms with Crippen molar-refractivity contribution in [1.29, 1.82) is 5.26 Å². The second-order valence-corrected chi connectivity index (χ2v) is 2.45. The Balaban J connectivity index is 2.66. The SMILES string of the molecule is N#CCc1ccc(OCCl)cc1. The molecule has 0 saturated heterocycles. The van der Waals surface area contributed by atoms with Crippen LogP contribution in [-0.2, 0) is 6.42 Å². The van der Waals surface area contributed by atoms with E-state index in [1.54, 1.807) is 12.1 Å². The quantitative estimate of drug-likeness (QED) is 0.671. The van der Waals surface area contributed by atoms with Crippen LogP contribution in [0, 0.1) is 11.3 Å². The molecule has 0 aliphatic rings. The first-order valence-electron chi connectivity index (χ1n) is 3.51. The van der Waals surface area contributed by atoms with Crippen LogP contribution in [0.15, 0.2) is 24.3 Å². The Kier molecular flexibility index (Phi) is 3.43. The fourth-order valence-electron chi connectivity index (χ4n) is 0.858. The fourth-order valence-corrected chi connectivity index (χ4v) is 0.984. The molecule has 0 radical (unpaired) electrons. The lowest BCUT2D eigenvalue weighted by Crippen LogP contribution is -1.89. The van der Waals surface area contributed by atoms with Crippen molar-refractivity contribution in [2.75, 3.05) is 6.07 Å². The molecule has 3 heteroatoms. The summed E-state index contributed by atoms with van der Waals surface area (Å²) in [6, 6.07) is 9.52. The maximum absolute atomic E-state index is 8.39. The van der Waals surface area contributed by atoms with Gasteiger partial charge in [0.15, 0.2) is 6.07 Å². The van der Waals surface area contributed by atoms with Gasteiger partial charge in [-0.25, -0.2) is 0 Å². The molecule has 0 atom stereocenters. The van der Waals surface area contributed by atoms with Crippen molar-refractivity contribution in [3.63, 3.8) is 0 Å². The Morgan fingerprint density at radius 3 is 2.50 bits per heavy atom. The first-order chi connectivity index (χ1) is 5.86. The second kappa shape index (κ2) is 4.63. The summed E-state index contributed by atoms with van der Waals surface area (Å²) in [5, 5.41) is 8.39. The zero-order valence-corrected chi connectivity index (χ0v) is 7.21. The first kappa shape index (κ1) is 8.89. The highest BCUT2D eigenvalue weighted by Gasteiger charge is 1.93. The number of nitrogens with zero attached hydrogens (tertiary/aromatic N) is 1. The third-order valence-electron chi connectivity index (χ3n) is 1.43. The van der Waals surface area contributed by atoms with E-state index in [2.05, 4.69) is 6.07 Å². The van der Waals surface area contributed by atoms with E-state index < -0.39 is 0 Å². The molecule has 0 heterocycles. The second-order valence-electron chi connectivity index (χ2n) is 2.23. The molecule has 1 rings (SSSR count). The molecule has 1 aromatic carbocycles. The van der Waals surface area contributed by atoms with Crippen molar-refractivity contribution in [3.05, 3.63) is 29.8 Å². The molecule has 12 heavy (non-hydrogen) atoms. The van der Waals surface area contributed by atoms with Gasteiger partial charge in [0.2, 0.25) is 0 Å². The predicted octanol–water partition coefficient (Wildman–Crippen LogP) is 2.33. The Morgan fingerprint density at radius 1 is 1.33 bits per heavy atom. The van der Waals surface area contributed by atoms with E-state index >= 15 is 0 Å². The van der Waals surface area contributed by atoms with Gasteiger partial charge < -0.3 is 4.74 Å². The Labute approximate surface area is 76.3 Å². The minimum absolute atomic E-state index is 0.150. The number of nitriles is 1. The minimum atomic E-state index is 0.150. The lowest BCUT2D eigenvalue weighted by molar-refractivity contribution is 0.388. The molecule has 2 nitrogen and oxygen atoms in total. The number of halogens is 1. The molecule has 0 aromatic heterocycles. The molecular formula is C9H8ClNO. The molecule has 62 valence electrons. The molecule has 0 saturated carbocycles. The smallest absolute Gasteiger partial charge is 0.162 e. The number of benzene rings is 1. The van der Waals surface area contributed by atoms with Gasteiger partial charge >= 0.3 is 0 Å². The summed E-state index contributed by atoms with van der Waals surface area (Å²) in [5.41, 5.74) is 0.986. The zero-order valence-electron chi connectivity index (χ0n) is 6.46. The maximum atomic E-state index is 8.39. The summed E-state index contributed by atoms with van der Waals surface area (Å²) in [6.07, 6.45) is 0.432. The van der Waals surface area contributed by atoms with Gasteiger partial charge in [0.1, 0.15) is 5.75 Å². The van der Waals surface area contributed by atoms with E-state index in [-0.39, 0.29) is 6.07 Å². The molecular weight excluding hydrogens is 174 g/mol. The van der Waals surface area contributed by atoms with E-state index in [4.69, 9.17) is 21.6 Å². The zero-order chi connectivity index (χ0) is 8.81. The Morgan fingerprint density at radius 2 is 2.00 bits per heavy atom. The summed E-state index contributed by atoms with van der Waals surface area (Å²) in [7, 11) is 0. The van der Waals surface area contributed by atoms with Crippen LogP contribution in [0.25, 0.3) is 0 Å². The van der Waals surface area contributed by atoms with Crippen LogP contribution in [0.3, 0.4) is 0 Å². The highest BCUT2D eigenvalue weighted by molar-refractivity contribution is 6.17. The fraction of sp³-hybridized carbons (Fsp3) is 0.222. The molecule has 0 aliphatic heterocycles. The average molecular weight is 182 g/mol. The van der Waals surface area contributed by atoms with Crippen molar-refractivity contribution in [3.8, 4) is 11.8 Å². The lowest BCUT2D eigenvalue weighted by atomic mass is 10.2. The lowest BCUT2D eigenvalue weighted by Gasteiger charge is -2.01. The van der Waals surface area contributed by atoms with Gasteiger partial charge in [0, 0.05) is 0 Å². The third-order valence-corrected chi connectivity index (χ3v) is 1.54. The molecule has 1 aromatic rings. The van der Waals surface area contributed by atoms with Gasteiger partial charge in [-0.05, 0) is 17.7 Å². The van der Waals surface area contributed by atoms with E-state index in [1.807, 2.05) is 12.1 Å². The van der Waals surface area contributed by atoms with Crippen molar-refractivity contribution in [2.45, 2.75) is 6.42 Å². The standard InChI is InChI=1S/C9H8ClNO/c10-7-12-9-3-1-8(2-4-9)5-6-11/h1-4H,5,7H2. The molecule has 0 unspecified atom stereocenters. The minimum Gasteiger partial charge on any atom is -0.478 e. The Hall–Kier alpha value is -1.20. The van der Waals surface area contributed by atoms with E-state index in [0.717, 1.165) is 11.3 Å². The number of ether oxygens (including phenoxy) is 1. The molecule has 0 aliphatic carbocycles. The Bertz CT molecular complexity index is 276. The normalized spacial score (nSPS) is 9.00. The van der Waals surface area contributed by atoms with Crippen LogP contribution in [0.4, 0.5) is 0 Å². The first-order valence-corrected chi connectivity index (χ1v) is 4.05. The average Bonchev–Trinajstić information content (AvgIpc) is 2.09. The van der Waals surface area contributed by atoms with Crippen LogP contribution in [0.2, 0.25) is 0 Å². The topological polar surface area (TPSA) is 33.0 Å². The van der Waals surface area contributed by atoms with Crippen LogP contribution in [0.5, 0.6) is 5.75 Å². The van der Waals surface area contributed by atoms with Crippen molar-refractivity contribution < 1.29 is 4.74 Å². The molecule has 0 spiro atoms. The van der Waals surface area contributed by atoms with Crippen LogP contribution >= 0.6 is 11.6 Å². The summed E-state index contributed by atoms with van der Waals surface area (Å²) in [4.78, 5) is 0. The van der Waals surface area contributed by atoms with Crippen LogP contribution < -0.4 is 4.74 Å². The van der Waals surface area contributed by atoms with Crippen molar-refractivity contribution >= 4 is 11.6 Å². The van der Waals surface area contributed by atoms with Crippen molar-refractivity contribution in [1.82, 2.24) is 0 Å². The van der Waals surface area contributed by atoms with Gasteiger partial charge in [-0.15, -0.1) is 0 Å². The van der Waals surface area contributed by atoms with Gasteiger partial charge in [0.05, 0.1) is 12.5 Å². The molecule has 0 N–H and O–H groups in total. The van der Waals surface area contributed by atoms with E-state index in [1.165, 1.54) is 0 Å². The summed E-state index contributed by atoms with van der Waals surface area (Å²) >= 11 is 5.36. The third kappa shape index (κ3) is 2.44. The molecule has 0 bridgehead atoms. The monoisotopic (exact) mass is 181 g/mol. The molecule has 0 fully saturated rings. The maximum Gasteiger partial charge on any atom is 0.162 e. The molecule has 0 amide bonds. The number of rotatable bonds is 3. The number of hydrogen-bond acceptors (Lipinski definition) is 2. The van der Waals surface area contributed by atoms with Crippen LogP contribution in [-0.4, -0.2) is 6.07 Å². The van der Waals surface area contributed by atoms with Gasteiger partial charge in [-0.3, -0.25) is 0 Å². The predicted molar refractivity (Wildman–Crippen MR) is 47.1 cm³/mol. The van der Waals surface area contributed by atoms with E-state index in [9.17, 15) is 0 Å².